The number of ether oxygens (including phenoxy) is 2. The van der Waals surface area contributed by atoms with Gasteiger partial charge in [0.05, 0.1) is 5.69 Å². The van der Waals surface area contributed by atoms with Crippen molar-refractivity contribution < 1.29 is 19.1 Å². The molecule has 118 valence electrons. The Balaban J connectivity index is 1.60. The number of hydrogen-bond acceptors (Lipinski definition) is 5. The number of carbonyl (C=O) groups is 2. The van der Waals surface area contributed by atoms with Crippen LogP contribution < -0.4 is 14.8 Å². The van der Waals surface area contributed by atoms with Gasteiger partial charge < -0.3 is 19.7 Å². The Labute approximate surface area is 140 Å². The maximum atomic E-state index is 12.0. The van der Waals surface area contributed by atoms with Crippen molar-refractivity contribution in [2.24, 2.45) is 0 Å². The van der Waals surface area contributed by atoms with Crippen molar-refractivity contribution in [2.75, 3.05) is 37.4 Å². The molecule has 8 heteroatoms. The number of thioether (sulfide) groups is 1. The zero-order valence-electron chi connectivity index (χ0n) is 11.8. The lowest BCUT2D eigenvalue weighted by molar-refractivity contribution is -0.116. The minimum Gasteiger partial charge on any atom is -0.486 e. The second kappa shape index (κ2) is 6.78. The van der Waals surface area contributed by atoms with Crippen LogP contribution in [0.25, 0.3) is 0 Å². The van der Waals surface area contributed by atoms with E-state index in [1.54, 1.807) is 17.0 Å². The van der Waals surface area contributed by atoms with E-state index >= 15 is 0 Å². The second-order valence-corrected chi connectivity index (χ2v) is 6.78. The number of hydrogen-bond donors (Lipinski definition) is 1. The summed E-state index contributed by atoms with van der Waals surface area (Å²) in [5.74, 6) is 1.95. The number of fused-ring (bicyclic) bond motifs is 1. The van der Waals surface area contributed by atoms with Crippen LogP contribution in [0.1, 0.15) is 6.42 Å². The Kier molecular flexibility index (Phi) is 4.77. The molecule has 6 nitrogen and oxygen atoms in total. The number of anilines is 1. The highest BCUT2D eigenvalue weighted by Crippen LogP contribution is 2.38. The van der Waals surface area contributed by atoms with Crippen molar-refractivity contribution in [1.82, 2.24) is 4.90 Å². The first kappa shape index (κ1) is 15.5. The van der Waals surface area contributed by atoms with Gasteiger partial charge in [0.25, 0.3) is 5.24 Å². The van der Waals surface area contributed by atoms with Crippen molar-refractivity contribution in [3.05, 3.63) is 16.6 Å². The molecule has 0 unspecified atom stereocenters. The van der Waals surface area contributed by atoms with Gasteiger partial charge in [0.2, 0.25) is 5.91 Å². The van der Waals surface area contributed by atoms with Crippen LogP contribution in [0, 0.1) is 0 Å². The van der Waals surface area contributed by atoms with Crippen LogP contribution >= 0.6 is 27.7 Å². The number of nitrogens with zero attached hydrogens (tertiary/aromatic N) is 1. The normalized spacial score (nSPS) is 16.8. The van der Waals surface area contributed by atoms with Crippen LogP contribution in [0.15, 0.2) is 16.6 Å². The van der Waals surface area contributed by atoms with E-state index in [1.165, 1.54) is 11.8 Å². The molecule has 1 saturated heterocycles. The summed E-state index contributed by atoms with van der Waals surface area (Å²) in [6.07, 6.45) is 0.271. The van der Waals surface area contributed by atoms with Crippen LogP contribution in [-0.4, -0.2) is 48.1 Å². The van der Waals surface area contributed by atoms with Gasteiger partial charge in [-0.15, -0.1) is 0 Å². The molecule has 2 amide bonds. The smallest absolute Gasteiger partial charge is 0.281 e. The summed E-state index contributed by atoms with van der Waals surface area (Å²) in [5.41, 5.74) is 0.636. The molecule has 0 aromatic heterocycles. The van der Waals surface area contributed by atoms with Gasteiger partial charge in [-0.3, -0.25) is 9.59 Å². The molecule has 2 aliphatic rings. The largest absolute Gasteiger partial charge is 0.486 e. The fraction of sp³-hybridized carbons (Fsp3) is 0.429. The zero-order chi connectivity index (χ0) is 15.5. The molecular formula is C14H15BrN2O4S. The molecule has 1 aromatic carbocycles. The maximum absolute atomic E-state index is 12.0. The quantitative estimate of drug-likeness (QED) is 0.861. The Hall–Kier alpha value is -1.41. The molecule has 1 aromatic rings. The van der Waals surface area contributed by atoms with Crippen LogP contribution in [0.5, 0.6) is 11.5 Å². The Bertz CT molecular complexity index is 611. The van der Waals surface area contributed by atoms with Crippen LogP contribution in [0.2, 0.25) is 0 Å². The zero-order valence-corrected chi connectivity index (χ0v) is 14.2. The standard InChI is InChI=1S/C14H15BrN2O4S/c15-9-7-11-12(21-5-4-20-11)8-10(9)16-13(18)1-2-17-3-6-22-14(17)19/h7-8H,1-6H2,(H,16,18). The average Bonchev–Trinajstić information content (AvgIpc) is 2.91. The molecule has 0 bridgehead atoms. The number of amides is 2. The van der Waals surface area contributed by atoms with Gasteiger partial charge in [-0.2, -0.15) is 0 Å². The third-order valence-electron chi connectivity index (χ3n) is 3.36. The summed E-state index contributed by atoms with van der Waals surface area (Å²) < 4.78 is 11.7. The summed E-state index contributed by atoms with van der Waals surface area (Å²) in [6, 6.07) is 3.53. The highest BCUT2D eigenvalue weighted by molar-refractivity contribution is 9.10. The third kappa shape index (κ3) is 3.49. The Morgan fingerprint density at radius 2 is 2.05 bits per heavy atom. The van der Waals surface area contributed by atoms with Crippen molar-refractivity contribution in [2.45, 2.75) is 6.42 Å². The molecule has 1 fully saturated rings. The number of halogens is 1. The molecule has 2 heterocycles. The minimum absolute atomic E-state index is 0.0494. The van der Waals surface area contributed by atoms with Crippen molar-refractivity contribution in [3.8, 4) is 11.5 Å². The van der Waals surface area contributed by atoms with Crippen LogP contribution in [0.4, 0.5) is 10.5 Å². The maximum Gasteiger partial charge on any atom is 0.281 e. The first-order valence-electron chi connectivity index (χ1n) is 6.94. The first-order valence-corrected chi connectivity index (χ1v) is 8.72. The molecule has 2 aliphatic heterocycles. The lowest BCUT2D eigenvalue weighted by Crippen LogP contribution is -2.27. The van der Waals surface area contributed by atoms with E-state index in [9.17, 15) is 9.59 Å². The predicted octanol–water partition coefficient (Wildman–Crippen LogP) is 2.72. The molecule has 0 atom stereocenters. The SMILES string of the molecule is O=C(CCN1CCSC1=O)Nc1cc2c(cc1Br)OCCO2. The predicted molar refractivity (Wildman–Crippen MR) is 87.8 cm³/mol. The summed E-state index contributed by atoms with van der Waals surface area (Å²) >= 11 is 4.71. The lowest BCUT2D eigenvalue weighted by Gasteiger charge is -2.20. The fourth-order valence-electron chi connectivity index (χ4n) is 2.24. The molecule has 22 heavy (non-hydrogen) atoms. The van der Waals surface area contributed by atoms with E-state index in [0.717, 1.165) is 10.2 Å². The van der Waals surface area contributed by atoms with E-state index in [4.69, 9.17) is 9.47 Å². The van der Waals surface area contributed by atoms with Crippen molar-refractivity contribution in [1.29, 1.82) is 0 Å². The first-order chi connectivity index (χ1) is 10.6. The lowest BCUT2D eigenvalue weighted by atomic mass is 10.2. The highest BCUT2D eigenvalue weighted by Gasteiger charge is 2.22. The topological polar surface area (TPSA) is 67.9 Å². The second-order valence-electron chi connectivity index (χ2n) is 4.88. The fourth-order valence-corrected chi connectivity index (χ4v) is 3.51. The summed E-state index contributed by atoms with van der Waals surface area (Å²) in [6.45, 7) is 2.17. The summed E-state index contributed by atoms with van der Waals surface area (Å²) in [5, 5.41) is 2.88. The van der Waals surface area contributed by atoms with E-state index in [2.05, 4.69) is 21.2 Å². The van der Waals surface area contributed by atoms with Gasteiger partial charge in [-0.25, -0.2) is 0 Å². The molecule has 0 radical (unpaired) electrons. The van der Waals surface area contributed by atoms with Crippen molar-refractivity contribution in [3.63, 3.8) is 0 Å². The van der Waals surface area contributed by atoms with E-state index in [-0.39, 0.29) is 17.6 Å². The monoisotopic (exact) mass is 386 g/mol. The summed E-state index contributed by atoms with van der Waals surface area (Å²) in [7, 11) is 0. The Morgan fingerprint density at radius 1 is 1.32 bits per heavy atom. The van der Waals surface area contributed by atoms with E-state index in [0.29, 0.717) is 43.5 Å². The molecule has 0 saturated carbocycles. The van der Waals surface area contributed by atoms with Gasteiger partial charge in [-0.1, -0.05) is 11.8 Å². The van der Waals surface area contributed by atoms with Gasteiger partial charge in [0.1, 0.15) is 13.2 Å². The van der Waals surface area contributed by atoms with Gasteiger partial charge in [0, 0.05) is 41.9 Å². The van der Waals surface area contributed by atoms with Crippen molar-refractivity contribution >= 4 is 44.5 Å². The van der Waals surface area contributed by atoms with Crippen LogP contribution in [-0.2, 0) is 4.79 Å². The number of benzene rings is 1. The summed E-state index contributed by atoms with van der Waals surface area (Å²) in [4.78, 5) is 25.2. The molecule has 0 spiro atoms. The number of rotatable bonds is 4. The highest BCUT2D eigenvalue weighted by atomic mass is 79.9. The average molecular weight is 387 g/mol. The molecular weight excluding hydrogens is 372 g/mol. The Morgan fingerprint density at radius 3 is 2.73 bits per heavy atom. The third-order valence-corrected chi connectivity index (χ3v) is 4.91. The molecule has 0 aliphatic carbocycles. The van der Waals surface area contributed by atoms with E-state index < -0.39 is 0 Å². The van der Waals surface area contributed by atoms with Gasteiger partial charge in [-0.05, 0) is 15.9 Å². The van der Waals surface area contributed by atoms with Crippen LogP contribution in [0.3, 0.4) is 0 Å². The number of carbonyl (C=O) groups excluding carboxylic acids is 2. The van der Waals surface area contributed by atoms with E-state index in [1.807, 2.05) is 0 Å². The molecule has 3 rings (SSSR count). The van der Waals surface area contributed by atoms with Gasteiger partial charge >= 0.3 is 0 Å². The molecule has 1 N–H and O–H groups in total. The van der Waals surface area contributed by atoms with Gasteiger partial charge in [0.15, 0.2) is 11.5 Å². The number of nitrogens with one attached hydrogen (secondary N) is 1. The minimum atomic E-state index is -0.137.